The number of anilines is 3. The molecule has 1 atom stereocenters. The van der Waals surface area contributed by atoms with Gasteiger partial charge in [-0.1, -0.05) is 23.7 Å². The highest BCUT2D eigenvalue weighted by atomic mass is 35.5. The van der Waals surface area contributed by atoms with Gasteiger partial charge < -0.3 is 26.3 Å². The molecule has 1 heterocycles. The van der Waals surface area contributed by atoms with E-state index in [9.17, 15) is 4.39 Å². The minimum absolute atomic E-state index is 0.0191. The molecule has 3 aromatic rings. The number of methoxy groups -OCH3 is 2. The molecule has 0 radical (unpaired) electrons. The number of ether oxygens (including phenoxy) is 2. The Morgan fingerprint density at radius 3 is 2.57 bits per heavy atom. The number of nitrogen functional groups attached to an aromatic ring is 2. The normalized spacial score (nSPS) is 11.7. The largest absolute Gasteiger partial charge is 0.497 e. The first-order valence-corrected chi connectivity index (χ1v) is 8.63. The summed E-state index contributed by atoms with van der Waals surface area (Å²) in [5, 5.41) is 3.19. The lowest BCUT2D eigenvalue weighted by atomic mass is 9.97. The third-order valence-corrected chi connectivity index (χ3v) is 4.42. The van der Waals surface area contributed by atoms with E-state index in [0.29, 0.717) is 17.1 Å². The maximum atomic E-state index is 14.1. The Labute approximate surface area is 166 Å². The highest BCUT2D eigenvalue weighted by molar-refractivity contribution is 6.32. The van der Waals surface area contributed by atoms with E-state index in [0.717, 1.165) is 5.56 Å². The molecule has 0 fully saturated rings. The Bertz CT molecular complexity index is 1000. The lowest BCUT2D eigenvalue weighted by Gasteiger charge is -2.24. The van der Waals surface area contributed by atoms with Gasteiger partial charge in [0.1, 0.15) is 23.0 Å². The van der Waals surface area contributed by atoms with Gasteiger partial charge in [0.25, 0.3) is 0 Å². The first kappa shape index (κ1) is 19.5. The number of nitrogens with zero attached hydrogens (tertiary/aromatic N) is 2. The minimum atomic E-state index is -0.589. The smallest absolute Gasteiger partial charge is 0.223 e. The zero-order valence-corrected chi connectivity index (χ0v) is 16.0. The molecular weight excluding hydrogens is 385 g/mol. The van der Waals surface area contributed by atoms with E-state index >= 15 is 0 Å². The predicted octanol–water partition coefficient (Wildman–Crippen LogP) is 3.65. The second kappa shape index (κ2) is 8.18. The van der Waals surface area contributed by atoms with Crippen LogP contribution in [0.25, 0.3) is 0 Å². The van der Waals surface area contributed by atoms with Crippen molar-refractivity contribution in [2.75, 3.05) is 31.0 Å². The van der Waals surface area contributed by atoms with Crippen molar-refractivity contribution < 1.29 is 13.9 Å². The molecule has 2 aromatic carbocycles. The molecule has 0 amide bonds. The fraction of sp³-hybridized carbons (Fsp3) is 0.158. The summed E-state index contributed by atoms with van der Waals surface area (Å²) < 4.78 is 24.8. The van der Waals surface area contributed by atoms with Crippen molar-refractivity contribution in [3.8, 4) is 11.5 Å². The fourth-order valence-electron chi connectivity index (χ4n) is 2.80. The van der Waals surface area contributed by atoms with Crippen molar-refractivity contribution in [2.24, 2.45) is 0 Å². The Hall–Kier alpha value is -3.26. The Balaban J connectivity index is 2.17. The zero-order valence-electron chi connectivity index (χ0n) is 15.2. The van der Waals surface area contributed by atoms with E-state index in [-0.39, 0.29) is 22.6 Å². The van der Waals surface area contributed by atoms with E-state index < -0.39 is 11.9 Å². The number of nitrogens with two attached hydrogens (primary N) is 2. The quantitative estimate of drug-likeness (QED) is 0.539. The summed E-state index contributed by atoms with van der Waals surface area (Å²) in [6.07, 6.45) is 0. The molecular formula is C19H19ClFN5O2. The maximum absolute atomic E-state index is 14.1. The van der Waals surface area contributed by atoms with Gasteiger partial charge in [0.15, 0.2) is 11.0 Å². The molecule has 1 aromatic heterocycles. The SMILES string of the molecule is COc1cccc(C(Nc2nc(N)nc(Cl)c2N)c2cc(F)ccc2OC)c1. The Morgan fingerprint density at radius 2 is 1.86 bits per heavy atom. The Kier molecular flexibility index (Phi) is 5.70. The second-order valence-corrected chi connectivity index (χ2v) is 6.23. The molecule has 5 N–H and O–H groups in total. The maximum Gasteiger partial charge on any atom is 0.223 e. The molecule has 0 aliphatic rings. The number of nitrogens with one attached hydrogen (secondary N) is 1. The first-order chi connectivity index (χ1) is 13.4. The zero-order chi connectivity index (χ0) is 20.3. The Morgan fingerprint density at radius 1 is 1.07 bits per heavy atom. The minimum Gasteiger partial charge on any atom is -0.497 e. The lowest BCUT2D eigenvalue weighted by Crippen LogP contribution is -2.17. The van der Waals surface area contributed by atoms with Gasteiger partial charge in [0.05, 0.1) is 20.3 Å². The van der Waals surface area contributed by atoms with Crippen molar-refractivity contribution in [3.05, 3.63) is 64.6 Å². The van der Waals surface area contributed by atoms with Crippen LogP contribution in [0.4, 0.5) is 21.8 Å². The molecule has 7 nitrogen and oxygen atoms in total. The third kappa shape index (κ3) is 4.01. The monoisotopic (exact) mass is 403 g/mol. The molecule has 0 aliphatic carbocycles. The molecule has 0 saturated heterocycles. The average Bonchev–Trinajstić information content (AvgIpc) is 2.69. The van der Waals surface area contributed by atoms with Crippen molar-refractivity contribution in [1.29, 1.82) is 0 Å². The van der Waals surface area contributed by atoms with E-state index in [1.807, 2.05) is 18.2 Å². The predicted molar refractivity (Wildman–Crippen MR) is 107 cm³/mol. The summed E-state index contributed by atoms with van der Waals surface area (Å²) >= 11 is 6.03. The van der Waals surface area contributed by atoms with Gasteiger partial charge in [0, 0.05) is 5.56 Å². The van der Waals surface area contributed by atoms with E-state index in [1.54, 1.807) is 19.2 Å². The molecule has 9 heteroatoms. The van der Waals surface area contributed by atoms with Gasteiger partial charge in [-0.25, -0.2) is 4.39 Å². The van der Waals surface area contributed by atoms with Gasteiger partial charge >= 0.3 is 0 Å². The second-order valence-electron chi connectivity index (χ2n) is 5.88. The topological polar surface area (TPSA) is 108 Å². The molecule has 0 saturated carbocycles. The fourth-order valence-corrected chi connectivity index (χ4v) is 2.97. The first-order valence-electron chi connectivity index (χ1n) is 8.25. The third-order valence-electron chi connectivity index (χ3n) is 4.13. The van der Waals surface area contributed by atoms with Crippen LogP contribution in [-0.2, 0) is 0 Å². The standard InChI is InChI=1S/C19H19ClFN5O2/c1-27-12-5-3-4-10(8-12)16(13-9-11(21)6-7-14(13)28-2)24-18-15(22)17(20)25-19(23)26-18/h3-9,16H,22H2,1-2H3,(H3,23,24,25,26). The summed E-state index contributed by atoms with van der Waals surface area (Å²) in [5.41, 5.74) is 13.1. The lowest BCUT2D eigenvalue weighted by molar-refractivity contribution is 0.406. The van der Waals surface area contributed by atoms with Crippen LogP contribution >= 0.6 is 11.6 Å². The molecule has 0 aliphatic heterocycles. The van der Waals surface area contributed by atoms with Crippen LogP contribution < -0.4 is 26.3 Å². The summed E-state index contributed by atoms with van der Waals surface area (Å²) in [4.78, 5) is 7.95. The highest BCUT2D eigenvalue weighted by Crippen LogP contribution is 2.36. The highest BCUT2D eigenvalue weighted by Gasteiger charge is 2.22. The molecule has 0 spiro atoms. The van der Waals surface area contributed by atoms with Crippen LogP contribution in [0.1, 0.15) is 17.2 Å². The van der Waals surface area contributed by atoms with Crippen molar-refractivity contribution in [3.63, 3.8) is 0 Å². The van der Waals surface area contributed by atoms with Crippen molar-refractivity contribution in [2.45, 2.75) is 6.04 Å². The van der Waals surface area contributed by atoms with Gasteiger partial charge in [-0.2, -0.15) is 9.97 Å². The van der Waals surface area contributed by atoms with Crippen LogP contribution in [0.3, 0.4) is 0 Å². The summed E-state index contributed by atoms with van der Waals surface area (Å²) in [6, 6.07) is 10.9. The van der Waals surface area contributed by atoms with Crippen LogP contribution in [0.5, 0.6) is 11.5 Å². The van der Waals surface area contributed by atoms with Gasteiger partial charge in [-0.05, 0) is 35.9 Å². The van der Waals surface area contributed by atoms with Crippen LogP contribution in [0.15, 0.2) is 42.5 Å². The molecule has 28 heavy (non-hydrogen) atoms. The molecule has 1 unspecified atom stereocenters. The van der Waals surface area contributed by atoms with Crippen molar-refractivity contribution >= 4 is 29.1 Å². The number of hydrogen-bond donors (Lipinski definition) is 3. The van der Waals surface area contributed by atoms with Gasteiger partial charge in [-0.3, -0.25) is 0 Å². The van der Waals surface area contributed by atoms with Crippen LogP contribution in [-0.4, -0.2) is 24.2 Å². The molecule has 0 bridgehead atoms. The van der Waals surface area contributed by atoms with Crippen LogP contribution in [0.2, 0.25) is 5.15 Å². The van der Waals surface area contributed by atoms with Crippen LogP contribution in [0, 0.1) is 5.82 Å². The number of rotatable bonds is 6. The van der Waals surface area contributed by atoms with Crippen molar-refractivity contribution in [1.82, 2.24) is 9.97 Å². The summed E-state index contributed by atoms with van der Waals surface area (Å²) in [7, 11) is 3.07. The number of benzene rings is 2. The number of aromatic nitrogens is 2. The summed E-state index contributed by atoms with van der Waals surface area (Å²) in [6.45, 7) is 0. The number of hydrogen-bond acceptors (Lipinski definition) is 7. The molecule has 3 rings (SSSR count). The number of halogens is 2. The van der Waals surface area contributed by atoms with E-state index in [2.05, 4.69) is 15.3 Å². The van der Waals surface area contributed by atoms with E-state index in [1.165, 1.54) is 19.2 Å². The average molecular weight is 404 g/mol. The van der Waals surface area contributed by atoms with Gasteiger partial charge in [-0.15, -0.1) is 0 Å². The molecule has 146 valence electrons. The van der Waals surface area contributed by atoms with E-state index in [4.69, 9.17) is 32.5 Å². The summed E-state index contributed by atoms with van der Waals surface area (Å²) in [5.74, 6) is 0.869. The van der Waals surface area contributed by atoms with Gasteiger partial charge in [0.2, 0.25) is 5.95 Å².